The van der Waals surface area contributed by atoms with Gasteiger partial charge in [-0.25, -0.2) is 4.79 Å². The second kappa shape index (κ2) is 7.32. The highest BCUT2D eigenvalue weighted by atomic mass is 16.5. The van der Waals surface area contributed by atoms with Crippen LogP contribution < -0.4 is 20.7 Å². The number of carbonyl (C=O) groups is 2. The Bertz CT molecular complexity index is 433. The van der Waals surface area contributed by atoms with Crippen molar-refractivity contribution in [2.45, 2.75) is 19.6 Å². The van der Waals surface area contributed by atoms with E-state index in [2.05, 4.69) is 20.9 Å². The molecular weight excluding hydrogens is 248 g/mol. The molecule has 0 aromatic carbocycles. The second-order valence-corrected chi connectivity index (χ2v) is 3.84. The first-order chi connectivity index (χ1) is 9.06. The maximum atomic E-state index is 11.6. The molecular formula is C12H18N4O3. The highest BCUT2D eigenvalue weighted by Crippen LogP contribution is 2.11. The average Bonchev–Trinajstić information content (AvgIpc) is 2.41. The van der Waals surface area contributed by atoms with E-state index >= 15 is 0 Å². The van der Waals surface area contributed by atoms with Crippen molar-refractivity contribution in [3.8, 4) is 5.75 Å². The summed E-state index contributed by atoms with van der Waals surface area (Å²) in [7, 11) is 3.26. The number of nitrogens with one attached hydrogen (secondary N) is 3. The van der Waals surface area contributed by atoms with Crippen LogP contribution in [0.4, 0.5) is 4.79 Å². The van der Waals surface area contributed by atoms with Crippen LogP contribution in [0, 0.1) is 0 Å². The van der Waals surface area contributed by atoms with Crippen LogP contribution in [-0.2, 0) is 11.3 Å². The lowest BCUT2D eigenvalue weighted by Gasteiger charge is -2.13. The first kappa shape index (κ1) is 14.9. The summed E-state index contributed by atoms with van der Waals surface area (Å²) in [6, 6.07) is 2.96. The number of imide groups is 1. The monoisotopic (exact) mass is 266 g/mol. The minimum atomic E-state index is -0.783. The minimum absolute atomic E-state index is 0.472. The van der Waals surface area contributed by atoms with Crippen LogP contribution in [0.25, 0.3) is 0 Å². The number of amides is 3. The Balaban J connectivity index is 2.53. The molecule has 0 bridgehead atoms. The van der Waals surface area contributed by atoms with E-state index in [9.17, 15) is 9.59 Å². The molecule has 0 aliphatic rings. The topological polar surface area (TPSA) is 92.4 Å². The van der Waals surface area contributed by atoms with Crippen molar-refractivity contribution in [2.24, 2.45) is 0 Å². The zero-order valence-electron chi connectivity index (χ0n) is 11.2. The maximum absolute atomic E-state index is 11.6. The molecule has 1 rings (SSSR count). The average molecular weight is 266 g/mol. The second-order valence-electron chi connectivity index (χ2n) is 3.84. The Hall–Kier alpha value is -2.15. The number of pyridine rings is 1. The van der Waals surface area contributed by atoms with Gasteiger partial charge in [0, 0.05) is 13.6 Å². The van der Waals surface area contributed by atoms with Gasteiger partial charge in [0.25, 0.3) is 5.91 Å². The van der Waals surface area contributed by atoms with E-state index in [1.54, 1.807) is 19.1 Å². The van der Waals surface area contributed by atoms with Gasteiger partial charge in [0.05, 0.1) is 11.9 Å². The molecule has 7 heteroatoms. The number of nitrogens with zero attached hydrogens (tertiary/aromatic N) is 1. The molecule has 0 saturated heterocycles. The molecule has 1 unspecified atom stereocenters. The smallest absolute Gasteiger partial charge is 0.321 e. The van der Waals surface area contributed by atoms with Crippen molar-refractivity contribution in [3.05, 3.63) is 24.0 Å². The summed E-state index contributed by atoms with van der Waals surface area (Å²) in [5.74, 6) is -0.0435. The third-order valence-electron chi connectivity index (χ3n) is 2.30. The summed E-state index contributed by atoms with van der Waals surface area (Å²) in [4.78, 5) is 26.7. The summed E-state index contributed by atoms with van der Waals surface area (Å²) in [5.41, 5.74) is 0.873. The third kappa shape index (κ3) is 4.92. The lowest BCUT2D eigenvalue weighted by molar-refractivity contribution is -0.126. The number of hydrogen-bond acceptors (Lipinski definition) is 5. The molecule has 1 atom stereocenters. The van der Waals surface area contributed by atoms with Gasteiger partial charge in [0.15, 0.2) is 6.10 Å². The third-order valence-corrected chi connectivity index (χ3v) is 2.30. The first-order valence-electron chi connectivity index (χ1n) is 5.85. The van der Waals surface area contributed by atoms with Gasteiger partial charge < -0.3 is 15.4 Å². The van der Waals surface area contributed by atoms with E-state index in [4.69, 9.17) is 4.74 Å². The fourth-order valence-electron chi connectivity index (χ4n) is 1.30. The zero-order valence-corrected chi connectivity index (χ0v) is 11.2. The van der Waals surface area contributed by atoms with Crippen LogP contribution in [0.3, 0.4) is 0 Å². The fraction of sp³-hybridized carbons (Fsp3) is 0.417. The van der Waals surface area contributed by atoms with E-state index in [1.165, 1.54) is 13.2 Å². The van der Waals surface area contributed by atoms with Crippen molar-refractivity contribution in [1.82, 2.24) is 20.9 Å². The van der Waals surface area contributed by atoms with Crippen LogP contribution in [0.1, 0.15) is 12.6 Å². The largest absolute Gasteiger partial charge is 0.479 e. The summed E-state index contributed by atoms with van der Waals surface area (Å²) in [6.07, 6.45) is 0.755. The van der Waals surface area contributed by atoms with Crippen LogP contribution in [0.2, 0.25) is 0 Å². The first-order valence-corrected chi connectivity index (χ1v) is 5.85. The molecule has 1 heterocycles. The van der Waals surface area contributed by atoms with Crippen molar-refractivity contribution in [3.63, 3.8) is 0 Å². The van der Waals surface area contributed by atoms with Gasteiger partial charge >= 0.3 is 6.03 Å². The standard InChI is InChI=1S/C12H18N4O3/c1-8(11(17)16-12(18)14-3)19-10-5-4-9(6-13-2)15-7-10/h4-5,7-8,13H,6H2,1-3H3,(H2,14,16,17,18). The Kier molecular flexibility index (Phi) is 5.74. The molecule has 0 spiro atoms. The van der Waals surface area contributed by atoms with Crippen LogP contribution in [0.5, 0.6) is 5.75 Å². The molecule has 7 nitrogen and oxygen atoms in total. The number of hydrogen-bond donors (Lipinski definition) is 3. The van der Waals surface area contributed by atoms with Gasteiger partial charge in [-0.3, -0.25) is 15.1 Å². The van der Waals surface area contributed by atoms with Gasteiger partial charge in [-0.1, -0.05) is 0 Å². The summed E-state index contributed by atoms with van der Waals surface area (Å²) >= 11 is 0. The van der Waals surface area contributed by atoms with Crippen LogP contribution >= 0.6 is 0 Å². The lowest BCUT2D eigenvalue weighted by Crippen LogP contribution is -2.43. The zero-order chi connectivity index (χ0) is 14.3. The predicted molar refractivity (Wildman–Crippen MR) is 69.7 cm³/mol. The Morgan fingerprint density at radius 2 is 2.11 bits per heavy atom. The van der Waals surface area contributed by atoms with E-state index < -0.39 is 18.0 Å². The van der Waals surface area contributed by atoms with Crippen molar-refractivity contribution < 1.29 is 14.3 Å². The highest BCUT2D eigenvalue weighted by molar-refractivity contribution is 5.96. The molecule has 3 N–H and O–H groups in total. The van der Waals surface area contributed by atoms with Gasteiger partial charge in [0.1, 0.15) is 5.75 Å². The van der Waals surface area contributed by atoms with Crippen molar-refractivity contribution >= 4 is 11.9 Å². The Morgan fingerprint density at radius 1 is 1.37 bits per heavy atom. The molecule has 0 fully saturated rings. The van der Waals surface area contributed by atoms with E-state index in [0.29, 0.717) is 12.3 Å². The van der Waals surface area contributed by atoms with Crippen molar-refractivity contribution in [2.75, 3.05) is 14.1 Å². The van der Waals surface area contributed by atoms with Gasteiger partial charge in [-0.2, -0.15) is 0 Å². The van der Waals surface area contributed by atoms with Crippen molar-refractivity contribution in [1.29, 1.82) is 0 Å². The molecule has 104 valence electrons. The van der Waals surface area contributed by atoms with Crippen LogP contribution in [-0.4, -0.2) is 37.1 Å². The molecule has 19 heavy (non-hydrogen) atoms. The van der Waals surface area contributed by atoms with Gasteiger partial charge in [-0.05, 0) is 26.1 Å². The number of aromatic nitrogens is 1. The van der Waals surface area contributed by atoms with E-state index in [0.717, 1.165) is 5.69 Å². The molecule has 1 aromatic rings. The molecule has 0 radical (unpaired) electrons. The summed E-state index contributed by atoms with van der Waals surface area (Å²) < 4.78 is 5.38. The molecule has 3 amide bonds. The normalized spacial score (nSPS) is 11.5. The SMILES string of the molecule is CNCc1ccc(OC(C)C(=O)NC(=O)NC)cn1. The number of carbonyl (C=O) groups excluding carboxylic acids is 2. The van der Waals surface area contributed by atoms with E-state index in [1.807, 2.05) is 7.05 Å². The quantitative estimate of drug-likeness (QED) is 0.699. The highest BCUT2D eigenvalue weighted by Gasteiger charge is 2.16. The Labute approximate surface area is 111 Å². The molecule has 0 aliphatic heterocycles. The maximum Gasteiger partial charge on any atom is 0.321 e. The number of urea groups is 1. The number of rotatable bonds is 5. The fourth-order valence-corrected chi connectivity index (χ4v) is 1.30. The lowest BCUT2D eigenvalue weighted by atomic mass is 10.3. The predicted octanol–water partition coefficient (Wildman–Crippen LogP) is 0.0239. The van der Waals surface area contributed by atoms with E-state index in [-0.39, 0.29) is 0 Å². The molecule has 0 aliphatic carbocycles. The number of ether oxygens (including phenoxy) is 1. The molecule has 1 aromatic heterocycles. The van der Waals surface area contributed by atoms with Crippen LogP contribution in [0.15, 0.2) is 18.3 Å². The minimum Gasteiger partial charge on any atom is -0.479 e. The Morgan fingerprint density at radius 3 is 2.63 bits per heavy atom. The summed E-state index contributed by atoms with van der Waals surface area (Å²) in [6.45, 7) is 2.22. The summed E-state index contributed by atoms with van der Waals surface area (Å²) in [5, 5.41) is 7.41. The van der Waals surface area contributed by atoms with Gasteiger partial charge in [-0.15, -0.1) is 0 Å². The molecule has 0 saturated carbocycles. The van der Waals surface area contributed by atoms with Gasteiger partial charge in [0.2, 0.25) is 0 Å².